The summed E-state index contributed by atoms with van der Waals surface area (Å²) in [5, 5.41) is 2.32. The third kappa shape index (κ3) is 6.12. The van der Waals surface area contributed by atoms with E-state index in [-0.39, 0.29) is 0 Å². The molecule has 0 saturated carbocycles. The van der Waals surface area contributed by atoms with Crippen LogP contribution in [0.4, 0.5) is 0 Å². The van der Waals surface area contributed by atoms with Crippen LogP contribution in [0.5, 0.6) is 0 Å². The highest BCUT2D eigenvalue weighted by Crippen LogP contribution is 2.19. The van der Waals surface area contributed by atoms with Gasteiger partial charge < -0.3 is 12.3 Å². The van der Waals surface area contributed by atoms with Crippen LogP contribution in [0, 0.1) is 0 Å². The van der Waals surface area contributed by atoms with Gasteiger partial charge in [-0.3, -0.25) is 0 Å². The molecule has 3 nitrogen and oxygen atoms in total. The van der Waals surface area contributed by atoms with Crippen LogP contribution < -0.4 is 10.4 Å². The Labute approximate surface area is 163 Å². The Balaban J connectivity index is 2.57. The van der Waals surface area contributed by atoms with Crippen molar-refractivity contribution in [1.82, 2.24) is 0 Å². The van der Waals surface area contributed by atoms with E-state index in [1.54, 1.807) is 0 Å². The van der Waals surface area contributed by atoms with Gasteiger partial charge in [0.1, 0.15) is 0 Å². The lowest BCUT2D eigenvalue weighted by molar-refractivity contribution is 0.365. The average Bonchev–Trinajstić information content (AvgIpc) is 2.53. The molecule has 0 fully saturated rings. The van der Waals surface area contributed by atoms with E-state index in [1.165, 1.54) is 0 Å². The predicted molar refractivity (Wildman–Crippen MR) is 121 cm³/mol. The van der Waals surface area contributed by atoms with Gasteiger partial charge in [-0.25, -0.2) is 0 Å². The van der Waals surface area contributed by atoms with Crippen molar-refractivity contribution in [2.45, 2.75) is 45.8 Å². The van der Waals surface area contributed by atoms with E-state index in [2.05, 4.69) is 94.4 Å². The summed E-state index contributed by atoms with van der Waals surface area (Å²) < 4.78 is 20.1. The number of hydrogen-bond acceptors (Lipinski definition) is 3. The van der Waals surface area contributed by atoms with Gasteiger partial charge >= 0.3 is 8.56 Å². The molecular formula is C19H32O3Si4. The molecule has 0 saturated heterocycles. The molecule has 26 heavy (non-hydrogen) atoms. The molecule has 0 amide bonds. The van der Waals surface area contributed by atoms with Crippen LogP contribution in [0.3, 0.4) is 0 Å². The van der Waals surface area contributed by atoms with Gasteiger partial charge in [-0.2, -0.15) is 0 Å². The molecule has 2 rings (SSSR count). The molecule has 0 aliphatic rings. The number of benzene rings is 2. The third-order valence-corrected chi connectivity index (χ3v) is 16.2. The zero-order chi connectivity index (χ0) is 19.4. The molecule has 142 valence electrons. The van der Waals surface area contributed by atoms with E-state index in [0.717, 1.165) is 10.4 Å². The summed E-state index contributed by atoms with van der Waals surface area (Å²) >= 11 is 0. The highest BCUT2D eigenvalue weighted by Gasteiger charge is 2.47. The average molecular weight is 421 g/mol. The van der Waals surface area contributed by atoms with E-state index < -0.39 is 34.5 Å². The largest absolute Gasteiger partial charge is 0.439 e. The minimum atomic E-state index is -2.83. The Kier molecular flexibility index (Phi) is 7.00. The zero-order valence-electron chi connectivity index (χ0n) is 17.1. The topological polar surface area (TPSA) is 27.7 Å². The lowest BCUT2D eigenvalue weighted by atomic mass is 10.4. The van der Waals surface area contributed by atoms with Crippen molar-refractivity contribution in [3.8, 4) is 0 Å². The van der Waals surface area contributed by atoms with Gasteiger partial charge in [-0.05, 0) is 56.2 Å². The fourth-order valence-electron chi connectivity index (χ4n) is 2.95. The second-order valence-electron chi connectivity index (χ2n) is 8.48. The van der Waals surface area contributed by atoms with E-state index in [4.69, 9.17) is 12.3 Å². The van der Waals surface area contributed by atoms with Crippen molar-refractivity contribution >= 4 is 44.9 Å². The molecule has 0 spiro atoms. The summed E-state index contributed by atoms with van der Waals surface area (Å²) in [5.41, 5.74) is 0. The maximum atomic E-state index is 6.91. The lowest BCUT2D eigenvalue weighted by Gasteiger charge is -2.39. The van der Waals surface area contributed by atoms with Crippen molar-refractivity contribution < 1.29 is 12.3 Å². The maximum Gasteiger partial charge on any atom is 0.387 e. The molecule has 2 aromatic rings. The third-order valence-electron chi connectivity index (χ3n) is 3.61. The van der Waals surface area contributed by atoms with Crippen LogP contribution in [0.15, 0.2) is 60.7 Å². The molecule has 0 radical (unpaired) electrons. The van der Waals surface area contributed by atoms with Crippen molar-refractivity contribution in [1.29, 1.82) is 0 Å². The number of hydrogen-bond donors (Lipinski definition) is 0. The van der Waals surface area contributed by atoms with Crippen LogP contribution in [-0.4, -0.2) is 34.5 Å². The van der Waals surface area contributed by atoms with Crippen molar-refractivity contribution in [2.75, 3.05) is 0 Å². The molecule has 0 N–H and O–H groups in total. The zero-order valence-corrected chi connectivity index (χ0v) is 21.2. The smallest absolute Gasteiger partial charge is 0.387 e. The van der Waals surface area contributed by atoms with E-state index >= 15 is 0 Å². The molecule has 7 heteroatoms. The van der Waals surface area contributed by atoms with Crippen molar-refractivity contribution in [2.24, 2.45) is 0 Å². The van der Waals surface area contributed by atoms with Crippen molar-refractivity contribution in [3.63, 3.8) is 0 Å². The molecule has 2 aromatic carbocycles. The van der Waals surface area contributed by atoms with Crippen LogP contribution in [0.1, 0.15) is 0 Å². The molecule has 0 aromatic heterocycles. The molecule has 0 bridgehead atoms. The van der Waals surface area contributed by atoms with Gasteiger partial charge in [0.25, 0.3) is 9.28 Å². The van der Waals surface area contributed by atoms with E-state index in [9.17, 15) is 0 Å². The Morgan fingerprint density at radius 3 is 1.38 bits per heavy atom. The Bertz CT molecular complexity index is 642. The van der Waals surface area contributed by atoms with Gasteiger partial charge in [0.2, 0.25) is 0 Å². The van der Waals surface area contributed by atoms with Crippen LogP contribution >= 0.6 is 0 Å². The molecule has 1 atom stereocenters. The lowest BCUT2D eigenvalue weighted by Crippen LogP contribution is -2.68. The van der Waals surface area contributed by atoms with Gasteiger partial charge in [0.15, 0.2) is 16.6 Å². The highest BCUT2D eigenvalue weighted by atomic mass is 28.5. The minimum absolute atomic E-state index is 1.16. The summed E-state index contributed by atoms with van der Waals surface area (Å²) in [7, 11) is -8.22. The SMILES string of the molecule is C[SiH](O[Si](C)(C)C)O[Si](O[Si](C)(C)C)(c1ccccc1)c1ccccc1. The highest BCUT2D eigenvalue weighted by molar-refractivity contribution is 7.00. The summed E-state index contributed by atoms with van der Waals surface area (Å²) in [5.74, 6) is 0. The van der Waals surface area contributed by atoms with Crippen LogP contribution in [0.25, 0.3) is 0 Å². The fraction of sp³-hybridized carbons (Fsp3) is 0.368. The first-order valence-corrected chi connectivity index (χ1v) is 19.9. The first kappa shape index (κ1) is 21.5. The van der Waals surface area contributed by atoms with Crippen molar-refractivity contribution in [3.05, 3.63) is 60.7 Å². The van der Waals surface area contributed by atoms with Gasteiger partial charge in [-0.15, -0.1) is 0 Å². The van der Waals surface area contributed by atoms with Gasteiger partial charge in [-0.1, -0.05) is 60.7 Å². The quantitative estimate of drug-likeness (QED) is 0.608. The standard InChI is InChI=1S/C19H32O3Si4/c1-23(20-24(2,3)4)21-26(22-25(5,6)7,18-14-10-8-11-15-18)19-16-12-9-13-17-19/h8-17,23H,1-7H3. The Morgan fingerprint density at radius 1 is 0.615 bits per heavy atom. The minimum Gasteiger partial charge on any atom is -0.439 e. The Hall–Kier alpha value is -0.812. The fourth-order valence-corrected chi connectivity index (χ4v) is 17.1. The first-order chi connectivity index (χ1) is 12.0. The second-order valence-corrected chi connectivity index (χ2v) is 23.2. The summed E-state index contributed by atoms with van der Waals surface area (Å²) in [6.45, 7) is 15.5. The summed E-state index contributed by atoms with van der Waals surface area (Å²) in [6, 6.07) is 21.0. The predicted octanol–water partition coefficient (Wildman–Crippen LogP) is 3.81. The van der Waals surface area contributed by atoms with Gasteiger partial charge in [0, 0.05) is 0 Å². The molecule has 1 unspecified atom stereocenters. The second kappa shape index (κ2) is 8.47. The monoisotopic (exact) mass is 420 g/mol. The molecule has 0 aliphatic heterocycles. The van der Waals surface area contributed by atoms with E-state index in [0.29, 0.717) is 0 Å². The number of rotatable bonds is 8. The summed E-state index contributed by atoms with van der Waals surface area (Å²) in [6.07, 6.45) is 0. The summed E-state index contributed by atoms with van der Waals surface area (Å²) in [4.78, 5) is 0. The van der Waals surface area contributed by atoms with Gasteiger partial charge in [0.05, 0.1) is 0 Å². The van der Waals surface area contributed by atoms with Crippen LogP contribution in [0.2, 0.25) is 45.8 Å². The van der Waals surface area contributed by atoms with Crippen LogP contribution in [-0.2, 0) is 12.3 Å². The van der Waals surface area contributed by atoms with E-state index in [1.807, 2.05) is 12.1 Å². The molecule has 0 heterocycles. The maximum absolute atomic E-state index is 6.91. The molecular weight excluding hydrogens is 389 g/mol. The molecule has 0 aliphatic carbocycles. The Morgan fingerprint density at radius 2 is 1.04 bits per heavy atom. The normalized spacial score (nSPS) is 14.3. The first-order valence-electron chi connectivity index (χ1n) is 9.19.